The van der Waals surface area contributed by atoms with Gasteiger partial charge in [-0.25, -0.2) is 0 Å². The molecule has 0 radical (unpaired) electrons. The van der Waals surface area contributed by atoms with Crippen LogP contribution in [0.15, 0.2) is 35.3 Å². The summed E-state index contributed by atoms with van der Waals surface area (Å²) in [5.41, 5.74) is 1.41. The number of hydrogen-bond acceptors (Lipinski definition) is 3. The van der Waals surface area contributed by atoms with E-state index in [1.54, 1.807) is 0 Å². The summed E-state index contributed by atoms with van der Waals surface area (Å²) >= 11 is 1.93. The highest BCUT2D eigenvalue weighted by Crippen LogP contribution is 2.44. The molecule has 2 saturated carbocycles. The molecular weight excluding hydrogens is 264 g/mol. The summed E-state index contributed by atoms with van der Waals surface area (Å²) in [5.74, 6) is 3.03. The fourth-order valence-corrected chi connectivity index (χ4v) is 4.14. The van der Waals surface area contributed by atoms with Gasteiger partial charge in [0.15, 0.2) is 5.17 Å². The van der Waals surface area contributed by atoms with E-state index < -0.39 is 0 Å². The van der Waals surface area contributed by atoms with E-state index in [0.717, 1.165) is 30.1 Å². The molecule has 20 heavy (non-hydrogen) atoms. The molecule has 3 aliphatic rings. The molecule has 3 heteroatoms. The van der Waals surface area contributed by atoms with E-state index >= 15 is 0 Å². The number of aliphatic imine (C=N–C) groups is 1. The maximum absolute atomic E-state index is 4.91. The molecular formula is C17H22N2S. The first kappa shape index (κ1) is 12.8. The highest BCUT2D eigenvalue weighted by Gasteiger charge is 2.42. The standard InChI is InChI=1S/C17H22N2S/c1-2-4-12(5-3-1)10-15-11-20-17(18-15)19-16(13-6-7-13)14-8-9-14/h1-5,13-16H,6-11H2,(H,18,19). The minimum atomic E-state index is 0.462. The topological polar surface area (TPSA) is 24.4 Å². The molecule has 0 bridgehead atoms. The van der Waals surface area contributed by atoms with Gasteiger partial charge in [-0.2, -0.15) is 0 Å². The Morgan fingerprint density at radius 3 is 2.45 bits per heavy atom. The van der Waals surface area contributed by atoms with Crippen molar-refractivity contribution in [2.45, 2.75) is 44.2 Å². The van der Waals surface area contributed by atoms with Crippen molar-refractivity contribution in [3.8, 4) is 0 Å². The van der Waals surface area contributed by atoms with Crippen LogP contribution in [0.25, 0.3) is 0 Å². The molecule has 1 aromatic carbocycles. The number of nitrogens with one attached hydrogen (secondary N) is 1. The molecule has 1 N–H and O–H groups in total. The second kappa shape index (κ2) is 5.44. The molecule has 0 amide bonds. The van der Waals surface area contributed by atoms with E-state index in [9.17, 15) is 0 Å². The lowest BCUT2D eigenvalue weighted by Gasteiger charge is -2.18. The lowest BCUT2D eigenvalue weighted by molar-refractivity contribution is 0.484. The molecule has 2 nitrogen and oxygen atoms in total. The monoisotopic (exact) mass is 286 g/mol. The molecule has 4 rings (SSSR count). The Bertz CT molecular complexity index is 479. The predicted octanol–water partition coefficient (Wildman–Crippen LogP) is 3.48. The van der Waals surface area contributed by atoms with Crippen molar-refractivity contribution in [2.24, 2.45) is 16.8 Å². The highest BCUT2D eigenvalue weighted by atomic mass is 32.2. The van der Waals surface area contributed by atoms with Crippen molar-refractivity contribution in [3.05, 3.63) is 35.9 Å². The molecule has 1 atom stereocenters. The van der Waals surface area contributed by atoms with Crippen molar-refractivity contribution >= 4 is 16.9 Å². The van der Waals surface area contributed by atoms with E-state index in [4.69, 9.17) is 4.99 Å². The third-order valence-electron chi connectivity index (χ3n) is 4.58. The Morgan fingerprint density at radius 2 is 1.80 bits per heavy atom. The Labute approximate surface area is 125 Å². The van der Waals surface area contributed by atoms with Crippen LogP contribution in [0.5, 0.6) is 0 Å². The molecule has 106 valence electrons. The largest absolute Gasteiger partial charge is 0.362 e. The Kier molecular flexibility index (Phi) is 3.47. The lowest BCUT2D eigenvalue weighted by Crippen LogP contribution is -2.36. The minimum Gasteiger partial charge on any atom is -0.362 e. The minimum absolute atomic E-state index is 0.462. The number of hydrogen-bond donors (Lipinski definition) is 1. The van der Waals surface area contributed by atoms with Crippen molar-refractivity contribution < 1.29 is 0 Å². The number of nitrogens with zero attached hydrogens (tertiary/aromatic N) is 1. The van der Waals surface area contributed by atoms with Crippen molar-refractivity contribution in [1.82, 2.24) is 5.32 Å². The molecule has 2 fully saturated rings. The van der Waals surface area contributed by atoms with Crippen LogP contribution in [0.3, 0.4) is 0 Å². The average molecular weight is 286 g/mol. The van der Waals surface area contributed by atoms with Gasteiger partial charge in [-0.3, -0.25) is 4.99 Å². The van der Waals surface area contributed by atoms with E-state index in [1.807, 2.05) is 11.8 Å². The number of rotatable bonds is 5. The summed E-state index contributed by atoms with van der Waals surface area (Å²) in [4.78, 5) is 4.91. The van der Waals surface area contributed by atoms with Gasteiger partial charge in [0.1, 0.15) is 0 Å². The fraction of sp³-hybridized carbons (Fsp3) is 0.588. The van der Waals surface area contributed by atoms with E-state index in [1.165, 1.54) is 36.4 Å². The summed E-state index contributed by atoms with van der Waals surface area (Å²) in [6.07, 6.45) is 6.80. The fourth-order valence-electron chi connectivity index (χ4n) is 3.16. The van der Waals surface area contributed by atoms with Gasteiger partial charge in [-0.05, 0) is 49.5 Å². The second-order valence-corrected chi connectivity index (χ2v) is 7.44. The van der Waals surface area contributed by atoms with Crippen LogP contribution in [0, 0.1) is 11.8 Å². The quantitative estimate of drug-likeness (QED) is 0.896. The zero-order valence-corrected chi connectivity index (χ0v) is 12.6. The Morgan fingerprint density at radius 1 is 1.10 bits per heavy atom. The van der Waals surface area contributed by atoms with Gasteiger partial charge in [0.05, 0.1) is 6.04 Å². The normalized spacial score (nSPS) is 25.9. The van der Waals surface area contributed by atoms with Crippen LogP contribution in [0.4, 0.5) is 0 Å². The van der Waals surface area contributed by atoms with Gasteiger partial charge in [-0.15, -0.1) is 0 Å². The van der Waals surface area contributed by atoms with Crippen LogP contribution >= 0.6 is 11.8 Å². The third kappa shape index (κ3) is 3.03. The molecule has 1 aromatic rings. The molecule has 0 spiro atoms. The molecule has 1 aliphatic heterocycles. The first-order chi connectivity index (χ1) is 9.88. The number of amidine groups is 1. The molecule has 1 unspecified atom stereocenters. The van der Waals surface area contributed by atoms with Crippen molar-refractivity contribution in [2.75, 3.05) is 5.75 Å². The molecule has 2 aliphatic carbocycles. The zero-order chi connectivity index (χ0) is 13.4. The highest BCUT2D eigenvalue weighted by molar-refractivity contribution is 8.14. The summed E-state index contributed by atoms with van der Waals surface area (Å²) in [5, 5.41) is 4.99. The zero-order valence-electron chi connectivity index (χ0n) is 11.8. The second-order valence-electron chi connectivity index (χ2n) is 6.43. The van der Waals surface area contributed by atoms with Crippen LogP contribution in [0.2, 0.25) is 0 Å². The van der Waals surface area contributed by atoms with Gasteiger partial charge >= 0.3 is 0 Å². The number of benzene rings is 1. The smallest absolute Gasteiger partial charge is 0.157 e. The van der Waals surface area contributed by atoms with Crippen LogP contribution in [0.1, 0.15) is 31.2 Å². The van der Waals surface area contributed by atoms with Gasteiger partial charge in [0.25, 0.3) is 0 Å². The first-order valence-corrected chi connectivity index (χ1v) is 8.88. The molecule has 0 aromatic heterocycles. The van der Waals surface area contributed by atoms with Gasteiger partial charge in [-0.1, -0.05) is 42.1 Å². The van der Waals surface area contributed by atoms with Gasteiger partial charge in [0, 0.05) is 11.8 Å². The predicted molar refractivity (Wildman–Crippen MR) is 86.2 cm³/mol. The van der Waals surface area contributed by atoms with Gasteiger partial charge < -0.3 is 5.32 Å². The lowest BCUT2D eigenvalue weighted by atomic mass is 10.1. The maximum Gasteiger partial charge on any atom is 0.157 e. The summed E-state index contributed by atoms with van der Waals surface area (Å²) in [7, 11) is 0. The third-order valence-corrected chi connectivity index (χ3v) is 5.62. The van der Waals surface area contributed by atoms with Crippen LogP contribution in [-0.4, -0.2) is 23.0 Å². The Balaban J connectivity index is 1.36. The number of thioether (sulfide) groups is 1. The van der Waals surface area contributed by atoms with Crippen LogP contribution < -0.4 is 5.32 Å². The molecule has 1 heterocycles. The summed E-state index contributed by atoms with van der Waals surface area (Å²) < 4.78 is 0. The van der Waals surface area contributed by atoms with E-state index in [0.29, 0.717) is 6.04 Å². The molecule has 0 saturated heterocycles. The van der Waals surface area contributed by atoms with Gasteiger partial charge in [0.2, 0.25) is 0 Å². The Hall–Kier alpha value is -0.960. The van der Waals surface area contributed by atoms with Crippen molar-refractivity contribution in [3.63, 3.8) is 0 Å². The summed E-state index contributed by atoms with van der Waals surface area (Å²) in [6.45, 7) is 0. The summed E-state index contributed by atoms with van der Waals surface area (Å²) in [6, 6.07) is 11.9. The van der Waals surface area contributed by atoms with E-state index in [-0.39, 0.29) is 0 Å². The SMILES string of the molecule is c1ccc(CC2CSC(NC(C3CC3)C3CC3)=N2)cc1. The maximum atomic E-state index is 4.91. The van der Waals surface area contributed by atoms with Crippen LogP contribution in [-0.2, 0) is 6.42 Å². The van der Waals surface area contributed by atoms with E-state index in [2.05, 4.69) is 35.6 Å². The first-order valence-electron chi connectivity index (χ1n) is 7.89. The van der Waals surface area contributed by atoms with Crippen molar-refractivity contribution in [1.29, 1.82) is 0 Å². The average Bonchev–Trinajstić information content (AvgIpc) is 3.38.